The van der Waals surface area contributed by atoms with Crippen LogP contribution in [0.25, 0.3) is 22.3 Å². The molecule has 1 saturated heterocycles. The number of benzene rings is 2. The Morgan fingerprint density at radius 1 is 1.03 bits per heavy atom. The summed E-state index contributed by atoms with van der Waals surface area (Å²) in [5.74, 6) is 1.03. The molecule has 2 aromatic carbocycles. The predicted octanol–water partition coefficient (Wildman–Crippen LogP) is 2.85. The Balaban J connectivity index is 1.25. The molecule has 33 heavy (non-hydrogen) atoms. The van der Waals surface area contributed by atoms with Crippen LogP contribution in [0.3, 0.4) is 0 Å². The van der Waals surface area contributed by atoms with E-state index >= 15 is 0 Å². The first kappa shape index (κ1) is 21.1. The Hall–Kier alpha value is -3.78. The van der Waals surface area contributed by atoms with Crippen LogP contribution in [-0.4, -0.2) is 56.6 Å². The molecule has 168 valence electrons. The molecule has 1 aliphatic rings. The summed E-state index contributed by atoms with van der Waals surface area (Å²) in [6, 6.07) is 17.0. The molecule has 0 spiro atoms. The highest BCUT2D eigenvalue weighted by Crippen LogP contribution is 2.20. The lowest BCUT2D eigenvalue weighted by Crippen LogP contribution is -2.48. The summed E-state index contributed by atoms with van der Waals surface area (Å²) in [7, 11) is 1.72. The molecule has 3 heterocycles. The van der Waals surface area contributed by atoms with Crippen molar-refractivity contribution >= 4 is 16.8 Å². The summed E-state index contributed by atoms with van der Waals surface area (Å²) in [5.41, 5.74) is 3.14. The maximum atomic E-state index is 13.2. The molecule has 2 aromatic heterocycles. The monoisotopic (exact) mass is 443 g/mol. The van der Waals surface area contributed by atoms with Crippen LogP contribution in [-0.2, 0) is 13.6 Å². The fourth-order valence-electron chi connectivity index (χ4n) is 4.20. The second-order valence-corrected chi connectivity index (χ2v) is 8.42. The smallest absolute Gasteiger partial charge is 0.254 e. The van der Waals surface area contributed by atoms with Gasteiger partial charge in [-0.2, -0.15) is 4.98 Å². The molecule has 0 radical (unpaired) electrons. The van der Waals surface area contributed by atoms with E-state index < -0.39 is 0 Å². The highest BCUT2D eigenvalue weighted by molar-refractivity contribution is 6.06. The largest absolute Gasteiger partial charge is 0.338 e. The van der Waals surface area contributed by atoms with Gasteiger partial charge >= 0.3 is 0 Å². The third kappa shape index (κ3) is 4.17. The normalized spacial score (nSPS) is 14.7. The number of fused-ring (bicyclic) bond motifs is 1. The van der Waals surface area contributed by atoms with E-state index in [9.17, 15) is 9.59 Å². The van der Waals surface area contributed by atoms with Gasteiger partial charge in [0.05, 0.1) is 17.6 Å². The Bertz CT molecular complexity index is 1370. The van der Waals surface area contributed by atoms with Crippen molar-refractivity contribution in [2.75, 3.05) is 26.2 Å². The molecular weight excluding hydrogens is 418 g/mol. The van der Waals surface area contributed by atoms with Crippen LogP contribution in [0.1, 0.15) is 21.8 Å². The number of amides is 1. The lowest BCUT2D eigenvalue weighted by Gasteiger charge is -2.34. The second-order valence-electron chi connectivity index (χ2n) is 8.42. The number of rotatable bonds is 4. The van der Waals surface area contributed by atoms with Crippen molar-refractivity contribution in [3.63, 3.8) is 0 Å². The molecule has 8 nitrogen and oxygen atoms in total. The average molecular weight is 444 g/mol. The van der Waals surface area contributed by atoms with Gasteiger partial charge in [-0.3, -0.25) is 14.5 Å². The molecule has 1 amide bonds. The van der Waals surface area contributed by atoms with Gasteiger partial charge in [-0.15, -0.1) is 0 Å². The number of hydrogen-bond acceptors (Lipinski definition) is 6. The van der Waals surface area contributed by atoms with Gasteiger partial charge in [0.15, 0.2) is 0 Å². The van der Waals surface area contributed by atoms with Crippen LogP contribution in [0.15, 0.2) is 63.9 Å². The van der Waals surface area contributed by atoms with Crippen molar-refractivity contribution in [3.05, 3.63) is 82.0 Å². The van der Waals surface area contributed by atoms with Crippen molar-refractivity contribution in [1.82, 2.24) is 24.5 Å². The SMILES string of the molecule is Cc1ccc(-c2noc(CN3CCN(C(=O)c4cc(=O)n(C)c5ccccc45)CC3)n2)cc1. The average Bonchev–Trinajstić information content (AvgIpc) is 3.30. The van der Waals surface area contributed by atoms with Crippen molar-refractivity contribution in [1.29, 1.82) is 0 Å². The Morgan fingerprint density at radius 2 is 1.76 bits per heavy atom. The zero-order valence-corrected chi connectivity index (χ0v) is 18.7. The number of carbonyl (C=O) groups is 1. The third-order valence-electron chi connectivity index (χ3n) is 6.18. The standard InChI is InChI=1S/C25H25N5O3/c1-17-7-9-18(10-8-17)24-26-22(33-27-24)16-29-11-13-30(14-12-29)25(32)20-15-23(31)28(2)21-6-4-3-5-19(20)21/h3-10,15H,11-14,16H2,1-2H3. The molecule has 0 N–H and O–H groups in total. The number of carbonyl (C=O) groups excluding carboxylic acids is 1. The van der Waals surface area contributed by atoms with Gasteiger partial charge in [0.1, 0.15) is 0 Å². The lowest BCUT2D eigenvalue weighted by molar-refractivity contribution is 0.0617. The number of pyridine rings is 1. The summed E-state index contributed by atoms with van der Waals surface area (Å²) in [6.07, 6.45) is 0. The van der Waals surface area contributed by atoms with Crippen molar-refractivity contribution in [2.24, 2.45) is 7.05 Å². The Kier molecular flexibility index (Phi) is 5.51. The van der Waals surface area contributed by atoms with Crippen molar-refractivity contribution in [3.8, 4) is 11.4 Å². The van der Waals surface area contributed by atoms with E-state index in [1.54, 1.807) is 11.6 Å². The molecular formula is C25H25N5O3. The van der Waals surface area contributed by atoms with Gasteiger partial charge in [0, 0.05) is 50.2 Å². The third-order valence-corrected chi connectivity index (χ3v) is 6.18. The van der Waals surface area contributed by atoms with Crippen molar-refractivity contribution < 1.29 is 9.32 Å². The van der Waals surface area contributed by atoms with Gasteiger partial charge in [-0.05, 0) is 13.0 Å². The molecule has 8 heteroatoms. The van der Waals surface area contributed by atoms with Crippen LogP contribution in [0.4, 0.5) is 0 Å². The number of aromatic nitrogens is 3. The molecule has 5 rings (SSSR count). The first-order chi connectivity index (χ1) is 16.0. The highest BCUT2D eigenvalue weighted by atomic mass is 16.5. The number of nitrogens with zero attached hydrogens (tertiary/aromatic N) is 5. The van der Waals surface area contributed by atoms with Crippen molar-refractivity contribution in [2.45, 2.75) is 13.5 Å². The van der Waals surface area contributed by atoms with E-state index in [1.165, 1.54) is 11.6 Å². The molecule has 0 bridgehead atoms. The van der Waals surface area contributed by atoms with Gasteiger partial charge in [-0.25, -0.2) is 0 Å². The van der Waals surface area contributed by atoms with Crippen LogP contribution >= 0.6 is 0 Å². The maximum absolute atomic E-state index is 13.2. The fraction of sp³-hybridized carbons (Fsp3) is 0.280. The van der Waals surface area contributed by atoms with E-state index in [-0.39, 0.29) is 11.5 Å². The molecule has 1 fully saturated rings. The quantitative estimate of drug-likeness (QED) is 0.482. The van der Waals surface area contributed by atoms with E-state index in [2.05, 4.69) is 15.0 Å². The summed E-state index contributed by atoms with van der Waals surface area (Å²) >= 11 is 0. The second kappa shape index (κ2) is 8.63. The summed E-state index contributed by atoms with van der Waals surface area (Å²) in [6.45, 7) is 5.10. The number of para-hydroxylation sites is 1. The van der Waals surface area contributed by atoms with Crippen LogP contribution in [0.5, 0.6) is 0 Å². The maximum Gasteiger partial charge on any atom is 0.254 e. The zero-order chi connectivity index (χ0) is 22.9. The minimum Gasteiger partial charge on any atom is -0.338 e. The van der Waals surface area contributed by atoms with Gasteiger partial charge in [0.2, 0.25) is 11.7 Å². The predicted molar refractivity (Wildman–Crippen MR) is 125 cm³/mol. The first-order valence-corrected chi connectivity index (χ1v) is 11.0. The zero-order valence-electron chi connectivity index (χ0n) is 18.7. The fourth-order valence-corrected chi connectivity index (χ4v) is 4.20. The van der Waals surface area contributed by atoms with Gasteiger partial charge < -0.3 is 14.0 Å². The van der Waals surface area contributed by atoms with E-state index in [0.29, 0.717) is 50.0 Å². The molecule has 0 saturated carbocycles. The van der Waals surface area contributed by atoms with Crippen LogP contribution < -0.4 is 5.56 Å². The first-order valence-electron chi connectivity index (χ1n) is 11.0. The van der Waals surface area contributed by atoms with Crippen LogP contribution in [0, 0.1) is 6.92 Å². The Labute approximate surface area is 191 Å². The van der Waals surface area contributed by atoms with E-state index in [4.69, 9.17) is 4.52 Å². The Morgan fingerprint density at radius 3 is 2.52 bits per heavy atom. The van der Waals surface area contributed by atoms with E-state index in [0.717, 1.165) is 16.5 Å². The summed E-state index contributed by atoms with van der Waals surface area (Å²) in [5, 5.41) is 4.89. The minimum absolute atomic E-state index is 0.108. The molecule has 1 aliphatic heterocycles. The van der Waals surface area contributed by atoms with E-state index in [1.807, 2.05) is 60.4 Å². The molecule has 0 atom stereocenters. The van der Waals surface area contributed by atoms with Gasteiger partial charge in [0.25, 0.3) is 11.5 Å². The molecule has 0 aliphatic carbocycles. The highest BCUT2D eigenvalue weighted by Gasteiger charge is 2.25. The van der Waals surface area contributed by atoms with Crippen LogP contribution in [0.2, 0.25) is 0 Å². The number of piperazine rings is 1. The number of hydrogen-bond donors (Lipinski definition) is 0. The van der Waals surface area contributed by atoms with Gasteiger partial charge in [-0.1, -0.05) is 53.2 Å². The number of aryl methyl sites for hydroxylation is 2. The minimum atomic E-state index is -0.184. The lowest BCUT2D eigenvalue weighted by atomic mass is 10.1. The summed E-state index contributed by atoms with van der Waals surface area (Å²) < 4.78 is 7.02. The molecule has 4 aromatic rings. The molecule has 0 unspecified atom stereocenters. The summed E-state index contributed by atoms with van der Waals surface area (Å²) in [4.78, 5) is 34.1. The topological polar surface area (TPSA) is 84.5 Å².